The maximum atomic E-state index is 12.2. The van der Waals surface area contributed by atoms with Gasteiger partial charge in [0.15, 0.2) is 0 Å². The lowest BCUT2D eigenvalue weighted by Gasteiger charge is -2.21. The van der Waals surface area contributed by atoms with Gasteiger partial charge in [-0.05, 0) is 32.1 Å². The number of hydrogen-bond donors (Lipinski definition) is 2. The third-order valence-corrected chi connectivity index (χ3v) is 4.58. The summed E-state index contributed by atoms with van der Waals surface area (Å²) in [5.74, 6) is -0.544. The Morgan fingerprint density at radius 3 is 2.75 bits per heavy atom. The van der Waals surface area contributed by atoms with Crippen LogP contribution >= 0.6 is 0 Å². The second-order valence-electron chi connectivity index (χ2n) is 6.25. The number of aromatic nitrogens is 2. The fourth-order valence-electron chi connectivity index (χ4n) is 3.25. The van der Waals surface area contributed by atoms with Gasteiger partial charge in [0.2, 0.25) is 5.91 Å². The van der Waals surface area contributed by atoms with Crippen LogP contribution in [0.3, 0.4) is 0 Å². The van der Waals surface area contributed by atoms with Crippen LogP contribution in [-0.2, 0) is 36.0 Å². The third-order valence-electron chi connectivity index (χ3n) is 4.58. The lowest BCUT2D eigenvalue weighted by atomic mass is 10.1. The van der Waals surface area contributed by atoms with Gasteiger partial charge in [0.25, 0.3) is 5.91 Å². The molecule has 0 aromatic carbocycles. The molecule has 0 radical (unpaired) electrons. The van der Waals surface area contributed by atoms with Gasteiger partial charge in [-0.15, -0.1) is 0 Å². The van der Waals surface area contributed by atoms with Crippen molar-refractivity contribution in [2.45, 2.75) is 58.6 Å². The Labute approximate surface area is 143 Å². The topological polar surface area (TPSA) is 87.5 Å². The van der Waals surface area contributed by atoms with Gasteiger partial charge >= 0.3 is 0 Å². The average Bonchev–Trinajstić information content (AvgIpc) is 2.80. The van der Waals surface area contributed by atoms with E-state index in [-0.39, 0.29) is 18.4 Å². The van der Waals surface area contributed by atoms with Gasteiger partial charge in [0, 0.05) is 31.4 Å². The normalized spacial score (nSPS) is 18.6. The minimum absolute atomic E-state index is 0.000920. The van der Waals surface area contributed by atoms with Crippen LogP contribution in [0.25, 0.3) is 0 Å². The summed E-state index contributed by atoms with van der Waals surface area (Å²) in [6, 6.07) is 0. The molecule has 7 nitrogen and oxygen atoms in total. The Morgan fingerprint density at radius 1 is 1.33 bits per heavy atom. The molecule has 1 fully saturated rings. The number of aliphatic hydroxyl groups excluding tert-OH is 1. The van der Waals surface area contributed by atoms with E-state index in [4.69, 9.17) is 0 Å². The smallest absolute Gasteiger partial charge is 0.251 e. The van der Waals surface area contributed by atoms with Crippen molar-refractivity contribution in [1.82, 2.24) is 20.0 Å². The molecule has 1 saturated heterocycles. The van der Waals surface area contributed by atoms with Crippen LogP contribution in [0, 0.1) is 0 Å². The van der Waals surface area contributed by atoms with Crippen molar-refractivity contribution >= 4 is 11.8 Å². The molecule has 0 bridgehead atoms. The van der Waals surface area contributed by atoms with Crippen molar-refractivity contribution in [3.8, 4) is 0 Å². The summed E-state index contributed by atoms with van der Waals surface area (Å²) in [6.45, 7) is 5.06. The SMILES string of the molecule is CCc1nn(C)c(CC)c1CNC(=O)CN1CCCCC(O)C1=O. The molecule has 2 N–H and O–H groups in total. The highest BCUT2D eigenvalue weighted by Gasteiger charge is 2.26. The first-order valence-electron chi connectivity index (χ1n) is 8.75. The Morgan fingerprint density at radius 2 is 2.08 bits per heavy atom. The number of aryl methyl sites for hydroxylation is 2. The second-order valence-corrected chi connectivity index (χ2v) is 6.25. The molecule has 0 aliphatic carbocycles. The summed E-state index contributed by atoms with van der Waals surface area (Å²) < 4.78 is 1.87. The molecule has 1 aliphatic rings. The van der Waals surface area contributed by atoms with Gasteiger partial charge < -0.3 is 15.3 Å². The first-order chi connectivity index (χ1) is 11.5. The molecule has 2 amide bonds. The molecule has 1 aliphatic heterocycles. The summed E-state index contributed by atoms with van der Waals surface area (Å²) in [5.41, 5.74) is 3.18. The first-order valence-corrected chi connectivity index (χ1v) is 8.75. The fourth-order valence-corrected chi connectivity index (χ4v) is 3.25. The number of hydrogen-bond acceptors (Lipinski definition) is 4. The van der Waals surface area contributed by atoms with Gasteiger partial charge in [-0.1, -0.05) is 13.8 Å². The van der Waals surface area contributed by atoms with Crippen LogP contribution in [0.15, 0.2) is 0 Å². The Bertz CT molecular complexity index is 597. The predicted molar refractivity (Wildman–Crippen MR) is 90.2 cm³/mol. The van der Waals surface area contributed by atoms with E-state index in [0.29, 0.717) is 19.5 Å². The van der Waals surface area contributed by atoms with Gasteiger partial charge in [-0.25, -0.2) is 0 Å². The highest BCUT2D eigenvalue weighted by molar-refractivity contribution is 5.87. The van der Waals surface area contributed by atoms with Crippen molar-refractivity contribution in [2.24, 2.45) is 7.05 Å². The summed E-state index contributed by atoms with van der Waals surface area (Å²) >= 11 is 0. The highest BCUT2D eigenvalue weighted by atomic mass is 16.3. The number of rotatable bonds is 6. The summed E-state index contributed by atoms with van der Waals surface area (Å²) in [7, 11) is 1.92. The molecule has 1 aromatic rings. The molecule has 7 heteroatoms. The number of carbonyl (C=O) groups excluding carboxylic acids is 2. The molecule has 0 saturated carbocycles. The largest absolute Gasteiger partial charge is 0.383 e. The van der Waals surface area contributed by atoms with Gasteiger partial charge in [-0.2, -0.15) is 5.10 Å². The monoisotopic (exact) mass is 336 g/mol. The molecule has 134 valence electrons. The number of amides is 2. The van der Waals surface area contributed by atoms with Crippen LogP contribution in [-0.4, -0.2) is 50.8 Å². The number of likely N-dealkylation sites (tertiary alicyclic amines) is 1. The van der Waals surface area contributed by atoms with E-state index < -0.39 is 6.10 Å². The molecule has 2 heterocycles. The van der Waals surface area contributed by atoms with Gasteiger partial charge in [0.05, 0.1) is 12.2 Å². The molecule has 0 spiro atoms. The molecule has 1 aromatic heterocycles. The van der Waals surface area contributed by atoms with Gasteiger partial charge in [0.1, 0.15) is 6.10 Å². The molecule has 24 heavy (non-hydrogen) atoms. The van der Waals surface area contributed by atoms with E-state index in [1.54, 1.807) is 0 Å². The van der Waals surface area contributed by atoms with Crippen molar-refractivity contribution in [1.29, 1.82) is 0 Å². The lowest BCUT2D eigenvalue weighted by Crippen LogP contribution is -2.44. The van der Waals surface area contributed by atoms with Crippen molar-refractivity contribution in [3.05, 3.63) is 17.0 Å². The zero-order valence-corrected chi connectivity index (χ0v) is 14.8. The fraction of sp³-hybridized carbons (Fsp3) is 0.706. The van der Waals surface area contributed by atoms with Crippen LogP contribution in [0.1, 0.15) is 50.1 Å². The maximum absolute atomic E-state index is 12.2. The number of carbonyl (C=O) groups is 2. The van der Waals surface area contributed by atoms with Crippen molar-refractivity contribution in [3.63, 3.8) is 0 Å². The Balaban J connectivity index is 1.97. The molecule has 2 rings (SSSR count). The summed E-state index contributed by atoms with van der Waals surface area (Å²) in [5, 5.41) is 17.1. The highest BCUT2D eigenvalue weighted by Crippen LogP contribution is 2.15. The van der Waals surface area contributed by atoms with E-state index >= 15 is 0 Å². The van der Waals surface area contributed by atoms with Crippen LogP contribution in [0.2, 0.25) is 0 Å². The van der Waals surface area contributed by atoms with Crippen molar-refractivity contribution in [2.75, 3.05) is 13.1 Å². The minimum Gasteiger partial charge on any atom is -0.383 e. The molecule has 1 atom stereocenters. The van der Waals surface area contributed by atoms with E-state index in [1.165, 1.54) is 4.90 Å². The minimum atomic E-state index is -0.975. The molecular formula is C17H28N4O3. The van der Waals surface area contributed by atoms with E-state index in [1.807, 2.05) is 18.7 Å². The maximum Gasteiger partial charge on any atom is 0.251 e. The standard InChI is InChI=1S/C17H28N4O3/c1-4-13-12(14(5-2)20(3)19-13)10-18-16(23)11-21-9-7-6-8-15(22)17(21)24/h15,22H,4-11H2,1-3H3,(H,18,23). The van der Waals surface area contributed by atoms with Gasteiger partial charge in [-0.3, -0.25) is 14.3 Å². The third kappa shape index (κ3) is 4.14. The van der Waals surface area contributed by atoms with E-state index in [0.717, 1.165) is 42.6 Å². The zero-order valence-electron chi connectivity index (χ0n) is 14.8. The average molecular weight is 336 g/mol. The van der Waals surface area contributed by atoms with E-state index in [9.17, 15) is 14.7 Å². The van der Waals surface area contributed by atoms with Crippen molar-refractivity contribution < 1.29 is 14.7 Å². The first kappa shape index (κ1) is 18.4. The van der Waals surface area contributed by atoms with Crippen LogP contribution in [0.5, 0.6) is 0 Å². The Hall–Kier alpha value is -1.89. The number of nitrogens with one attached hydrogen (secondary N) is 1. The summed E-state index contributed by atoms with van der Waals surface area (Å²) in [4.78, 5) is 25.7. The summed E-state index contributed by atoms with van der Waals surface area (Å²) in [6.07, 6.45) is 2.80. The van der Waals surface area contributed by atoms with E-state index in [2.05, 4.69) is 17.3 Å². The second kappa shape index (κ2) is 8.28. The quantitative estimate of drug-likeness (QED) is 0.793. The zero-order chi connectivity index (χ0) is 17.7. The predicted octanol–water partition coefficient (Wildman–Crippen LogP) is 0.534. The Kier molecular flexibility index (Phi) is 6.36. The lowest BCUT2D eigenvalue weighted by molar-refractivity contribution is -0.142. The molecule has 1 unspecified atom stereocenters. The van der Waals surface area contributed by atoms with Crippen LogP contribution < -0.4 is 5.32 Å². The van der Waals surface area contributed by atoms with Crippen LogP contribution in [0.4, 0.5) is 0 Å². The number of nitrogens with zero attached hydrogens (tertiary/aromatic N) is 3. The molecular weight excluding hydrogens is 308 g/mol. The number of aliphatic hydroxyl groups is 1.